The maximum atomic E-state index is 5.84. The van der Waals surface area contributed by atoms with Gasteiger partial charge in [0.25, 0.3) is 0 Å². The van der Waals surface area contributed by atoms with E-state index in [9.17, 15) is 0 Å². The molecule has 16 heavy (non-hydrogen) atoms. The summed E-state index contributed by atoms with van der Waals surface area (Å²) >= 11 is 0. The van der Waals surface area contributed by atoms with Gasteiger partial charge in [-0.2, -0.15) is 0 Å². The fourth-order valence-electron chi connectivity index (χ4n) is 1.46. The fraction of sp³-hybridized carbons (Fsp3) is 0.273. The number of hydrogen-bond acceptors (Lipinski definition) is 5. The normalized spacial score (nSPS) is 10.4. The first-order valence-corrected chi connectivity index (χ1v) is 5.11. The van der Waals surface area contributed by atoms with E-state index >= 15 is 0 Å². The molecule has 0 fully saturated rings. The average Bonchev–Trinajstić information content (AvgIpc) is 2.33. The molecule has 5 heteroatoms. The Balaban J connectivity index is 2.55. The lowest BCUT2D eigenvalue weighted by molar-refractivity contribution is 0.973. The molecule has 82 valence electrons. The van der Waals surface area contributed by atoms with Gasteiger partial charge in [-0.3, -0.25) is 0 Å². The van der Waals surface area contributed by atoms with E-state index in [4.69, 9.17) is 5.73 Å². The maximum absolute atomic E-state index is 5.84. The summed E-state index contributed by atoms with van der Waals surface area (Å²) in [4.78, 5) is 16.6. The maximum Gasteiger partial charge on any atom is 0.180 e. The Bertz CT molecular complexity index is 495. The molecular formula is C11H13N5. The van der Waals surface area contributed by atoms with Crippen LogP contribution in [0.25, 0.3) is 11.5 Å². The number of hydrogen-bond donors (Lipinski definition) is 1. The predicted octanol–water partition coefficient (Wildman–Crippen LogP) is 1.39. The summed E-state index contributed by atoms with van der Waals surface area (Å²) in [6.07, 6.45) is 3.96. The van der Waals surface area contributed by atoms with Gasteiger partial charge >= 0.3 is 0 Å². The SMILES string of the molecule is CCc1nc(-c2ccncn2)nc(N)c1C. The van der Waals surface area contributed by atoms with Crippen LogP contribution in [0.15, 0.2) is 18.6 Å². The Morgan fingerprint density at radius 2 is 2.12 bits per heavy atom. The van der Waals surface area contributed by atoms with Gasteiger partial charge in [0.05, 0.1) is 0 Å². The van der Waals surface area contributed by atoms with Crippen molar-refractivity contribution in [2.45, 2.75) is 20.3 Å². The Kier molecular flexibility index (Phi) is 2.76. The third-order valence-electron chi connectivity index (χ3n) is 2.43. The van der Waals surface area contributed by atoms with Gasteiger partial charge in [0, 0.05) is 17.5 Å². The highest BCUT2D eigenvalue weighted by atomic mass is 15.0. The number of nitrogens with two attached hydrogens (primary N) is 1. The summed E-state index contributed by atoms with van der Waals surface area (Å²) in [7, 11) is 0. The Labute approximate surface area is 93.8 Å². The molecule has 0 aromatic carbocycles. The lowest BCUT2D eigenvalue weighted by atomic mass is 10.2. The Hall–Kier alpha value is -2.04. The van der Waals surface area contributed by atoms with Crippen molar-refractivity contribution in [3.63, 3.8) is 0 Å². The van der Waals surface area contributed by atoms with Crippen LogP contribution >= 0.6 is 0 Å². The molecule has 0 aliphatic carbocycles. The van der Waals surface area contributed by atoms with E-state index in [-0.39, 0.29) is 0 Å². The highest BCUT2D eigenvalue weighted by Gasteiger charge is 2.09. The minimum atomic E-state index is 0.514. The molecule has 0 unspecified atom stereocenters. The number of anilines is 1. The largest absolute Gasteiger partial charge is 0.383 e. The van der Waals surface area contributed by atoms with Gasteiger partial charge in [-0.15, -0.1) is 0 Å². The molecule has 0 aliphatic rings. The molecule has 2 heterocycles. The van der Waals surface area contributed by atoms with Crippen LogP contribution in [0.5, 0.6) is 0 Å². The number of aryl methyl sites for hydroxylation is 1. The Morgan fingerprint density at radius 3 is 2.75 bits per heavy atom. The molecule has 0 atom stereocenters. The molecule has 2 aromatic rings. The van der Waals surface area contributed by atoms with E-state index < -0.39 is 0 Å². The van der Waals surface area contributed by atoms with Crippen LogP contribution in [-0.4, -0.2) is 19.9 Å². The number of nitrogen functional groups attached to an aromatic ring is 1. The Morgan fingerprint density at radius 1 is 1.31 bits per heavy atom. The van der Waals surface area contributed by atoms with Gasteiger partial charge < -0.3 is 5.73 Å². The molecule has 0 bridgehead atoms. The second-order valence-corrected chi connectivity index (χ2v) is 3.45. The molecule has 2 N–H and O–H groups in total. The summed E-state index contributed by atoms with van der Waals surface area (Å²) in [5, 5.41) is 0. The molecule has 0 aliphatic heterocycles. The smallest absolute Gasteiger partial charge is 0.180 e. The highest BCUT2D eigenvalue weighted by molar-refractivity contribution is 5.54. The standard InChI is InChI=1S/C11H13N5/c1-3-8-7(2)10(12)16-11(15-8)9-4-5-13-6-14-9/h4-6H,3H2,1-2H3,(H2,12,15,16). The van der Waals surface area contributed by atoms with Gasteiger partial charge in [-0.05, 0) is 19.4 Å². The monoisotopic (exact) mass is 215 g/mol. The van der Waals surface area contributed by atoms with Crippen LogP contribution in [0.1, 0.15) is 18.2 Å². The predicted molar refractivity (Wildman–Crippen MR) is 61.6 cm³/mol. The minimum absolute atomic E-state index is 0.514. The summed E-state index contributed by atoms with van der Waals surface area (Å²) in [5.41, 5.74) is 8.44. The quantitative estimate of drug-likeness (QED) is 0.819. The van der Waals surface area contributed by atoms with Gasteiger partial charge in [0.2, 0.25) is 0 Å². The summed E-state index contributed by atoms with van der Waals surface area (Å²) in [6, 6.07) is 1.77. The lowest BCUT2D eigenvalue weighted by Gasteiger charge is -2.07. The minimum Gasteiger partial charge on any atom is -0.383 e. The fourth-order valence-corrected chi connectivity index (χ4v) is 1.46. The number of nitrogens with zero attached hydrogens (tertiary/aromatic N) is 4. The van der Waals surface area contributed by atoms with E-state index in [1.807, 2.05) is 13.8 Å². The van der Waals surface area contributed by atoms with Gasteiger partial charge in [-0.1, -0.05) is 6.92 Å². The van der Waals surface area contributed by atoms with Gasteiger partial charge in [0.15, 0.2) is 5.82 Å². The molecule has 0 amide bonds. The van der Waals surface area contributed by atoms with Crippen LogP contribution in [0, 0.1) is 6.92 Å². The molecule has 0 saturated carbocycles. The van der Waals surface area contributed by atoms with Crippen LogP contribution in [0.3, 0.4) is 0 Å². The molecular weight excluding hydrogens is 202 g/mol. The topological polar surface area (TPSA) is 77.6 Å². The summed E-state index contributed by atoms with van der Waals surface area (Å²) in [6.45, 7) is 3.97. The van der Waals surface area contributed by atoms with Crippen LogP contribution in [0.2, 0.25) is 0 Å². The average molecular weight is 215 g/mol. The zero-order valence-corrected chi connectivity index (χ0v) is 9.31. The van der Waals surface area contributed by atoms with Crippen LogP contribution in [-0.2, 0) is 6.42 Å². The zero-order chi connectivity index (χ0) is 11.5. The highest BCUT2D eigenvalue weighted by Crippen LogP contribution is 2.18. The first-order valence-electron chi connectivity index (χ1n) is 5.11. The molecule has 0 spiro atoms. The molecule has 2 aromatic heterocycles. The molecule has 5 nitrogen and oxygen atoms in total. The van der Waals surface area contributed by atoms with Crippen molar-refractivity contribution in [2.24, 2.45) is 0 Å². The van der Waals surface area contributed by atoms with Crippen molar-refractivity contribution < 1.29 is 0 Å². The van der Waals surface area contributed by atoms with E-state index in [0.29, 0.717) is 17.3 Å². The molecule has 2 rings (SSSR count). The van der Waals surface area contributed by atoms with E-state index in [0.717, 1.165) is 17.7 Å². The first-order chi connectivity index (χ1) is 7.72. The van der Waals surface area contributed by atoms with Crippen molar-refractivity contribution in [1.29, 1.82) is 0 Å². The van der Waals surface area contributed by atoms with Crippen molar-refractivity contribution in [3.8, 4) is 11.5 Å². The van der Waals surface area contributed by atoms with Gasteiger partial charge in [-0.25, -0.2) is 19.9 Å². The van der Waals surface area contributed by atoms with Crippen LogP contribution in [0.4, 0.5) is 5.82 Å². The van der Waals surface area contributed by atoms with Crippen molar-refractivity contribution >= 4 is 5.82 Å². The second kappa shape index (κ2) is 4.22. The second-order valence-electron chi connectivity index (χ2n) is 3.45. The molecule has 0 saturated heterocycles. The third kappa shape index (κ3) is 1.84. The van der Waals surface area contributed by atoms with Crippen molar-refractivity contribution in [3.05, 3.63) is 29.8 Å². The van der Waals surface area contributed by atoms with Crippen molar-refractivity contribution in [2.75, 3.05) is 5.73 Å². The number of aromatic nitrogens is 4. The summed E-state index contributed by atoms with van der Waals surface area (Å²) < 4.78 is 0. The number of rotatable bonds is 2. The molecule has 0 radical (unpaired) electrons. The third-order valence-corrected chi connectivity index (χ3v) is 2.43. The zero-order valence-electron chi connectivity index (χ0n) is 9.31. The lowest BCUT2D eigenvalue weighted by Crippen LogP contribution is -2.04. The van der Waals surface area contributed by atoms with E-state index in [2.05, 4.69) is 19.9 Å². The van der Waals surface area contributed by atoms with E-state index in [1.165, 1.54) is 6.33 Å². The van der Waals surface area contributed by atoms with Crippen molar-refractivity contribution in [1.82, 2.24) is 19.9 Å². The van der Waals surface area contributed by atoms with Crippen LogP contribution < -0.4 is 5.73 Å². The summed E-state index contributed by atoms with van der Waals surface area (Å²) in [5.74, 6) is 1.07. The first kappa shape index (κ1) is 10.5. The van der Waals surface area contributed by atoms with E-state index in [1.54, 1.807) is 12.3 Å². The van der Waals surface area contributed by atoms with Gasteiger partial charge in [0.1, 0.15) is 17.8 Å².